The van der Waals surface area contributed by atoms with Crippen LogP contribution in [0.3, 0.4) is 0 Å². The van der Waals surface area contributed by atoms with Crippen LogP contribution in [-0.4, -0.2) is 42.3 Å². The molecule has 0 bridgehead atoms. The van der Waals surface area contributed by atoms with Crippen LogP contribution in [0, 0.1) is 17.7 Å². The summed E-state index contributed by atoms with van der Waals surface area (Å²) in [5.74, 6) is 5.43. The Morgan fingerprint density at radius 3 is 2.67 bits per heavy atom. The minimum atomic E-state index is -0.544. The number of carbonyl (C=O) groups excluding carboxylic acids is 2. The maximum absolute atomic E-state index is 12.9. The summed E-state index contributed by atoms with van der Waals surface area (Å²) in [7, 11) is 0. The van der Waals surface area contributed by atoms with Crippen LogP contribution in [-0.2, 0) is 19.2 Å². The van der Waals surface area contributed by atoms with E-state index in [1.807, 2.05) is 0 Å². The van der Waals surface area contributed by atoms with Crippen molar-refractivity contribution in [2.75, 3.05) is 13.2 Å². The lowest BCUT2D eigenvalue weighted by Gasteiger charge is -2.27. The molecule has 0 radical (unpaired) electrons. The van der Waals surface area contributed by atoms with E-state index in [0.29, 0.717) is 18.8 Å². The zero-order chi connectivity index (χ0) is 19.6. The van der Waals surface area contributed by atoms with Crippen molar-refractivity contribution in [3.8, 4) is 17.6 Å². The molecule has 146 valence electrons. The zero-order valence-corrected chi connectivity index (χ0v) is 15.6. The molecule has 0 aliphatic carbocycles. The highest BCUT2D eigenvalue weighted by Gasteiger charge is 2.21. The van der Waals surface area contributed by atoms with Gasteiger partial charge in [0.2, 0.25) is 0 Å². The molecule has 1 heterocycles. The number of carbonyl (C=O) groups is 2. The molecular formula is C20H24FNO5. The van der Waals surface area contributed by atoms with Crippen molar-refractivity contribution in [3.63, 3.8) is 0 Å². The summed E-state index contributed by atoms with van der Waals surface area (Å²) < 4.78 is 24.4. The Bertz CT molecular complexity index is 695. The molecule has 1 aromatic carbocycles. The Labute approximate surface area is 158 Å². The summed E-state index contributed by atoms with van der Waals surface area (Å²) in [6.45, 7) is 3.16. The molecule has 1 fully saturated rings. The van der Waals surface area contributed by atoms with Gasteiger partial charge in [-0.25, -0.2) is 4.39 Å². The minimum Gasteiger partial charge on any atom is -0.491 e. The molecular weight excluding hydrogens is 353 g/mol. The van der Waals surface area contributed by atoms with Gasteiger partial charge in [-0.2, -0.15) is 5.06 Å². The number of amides is 1. The van der Waals surface area contributed by atoms with E-state index in [1.54, 1.807) is 12.1 Å². The average Bonchev–Trinajstić information content (AvgIpc) is 2.63. The number of hydrogen-bond donors (Lipinski definition) is 0. The van der Waals surface area contributed by atoms with Gasteiger partial charge in [-0.3, -0.25) is 9.59 Å². The molecule has 0 spiro atoms. The van der Waals surface area contributed by atoms with Crippen molar-refractivity contribution in [2.24, 2.45) is 0 Å². The fraction of sp³-hybridized carbons (Fsp3) is 0.500. The van der Waals surface area contributed by atoms with Crippen LogP contribution in [0.4, 0.5) is 4.39 Å². The van der Waals surface area contributed by atoms with Crippen LogP contribution in [0.1, 0.15) is 39.5 Å². The lowest BCUT2D eigenvalue weighted by molar-refractivity contribution is -0.194. The molecule has 1 amide bonds. The van der Waals surface area contributed by atoms with Crippen LogP contribution in [0.2, 0.25) is 0 Å². The van der Waals surface area contributed by atoms with E-state index in [0.717, 1.165) is 24.3 Å². The van der Waals surface area contributed by atoms with E-state index in [2.05, 4.69) is 11.8 Å². The van der Waals surface area contributed by atoms with Gasteiger partial charge < -0.3 is 14.3 Å². The molecule has 0 N–H and O–H groups in total. The average molecular weight is 377 g/mol. The summed E-state index contributed by atoms with van der Waals surface area (Å²) in [5, 5.41) is 0.998. The minimum absolute atomic E-state index is 0.0714. The first-order valence-electron chi connectivity index (χ1n) is 8.93. The first kappa shape index (κ1) is 20.7. The zero-order valence-electron chi connectivity index (χ0n) is 15.6. The SMILES string of the molecule is CC(=O)ON(CCC#C[C@@H]1CCC[C@@H](COc2ccc(F)cc2)O1)C(C)=O. The first-order valence-corrected chi connectivity index (χ1v) is 8.93. The van der Waals surface area contributed by atoms with Gasteiger partial charge in [0.15, 0.2) is 0 Å². The fourth-order valence-corrected chi connectivity index (χ4v) is 2.61. The van der Waals surface area contributed by atoms with Gasteiger partial charge in [-0.1, -0.05) is 11.8 Å². The third kappa shape index (κ3) is 7.67. The Kier molecular flexibility index (Phi) is 8.08. The maximum atomic E-state index is 12.9. The lowest BCUT2D eigenvalue weighted by Crippen LogP contribution is -2.32. The second-order valence-electron chi connectivity index (χ2n) is 6.22. The molecule has 6 nitrogen and oxygen atoms in total. The highest BCUT2D eigenvalue weighted by molar-refractivity contribution is 5.75. The fourth-order valence-electron chi connectivity index (χ4n) is 2.61. The van der Waals surface area contributed by atoms with Crippen LogP contribution in [0.15, 0.2) is 24.3 Å². The molecule has 2 atom stereocenters. The summed E-state index contributed by atoms with van der Waals surface area (Å²) >= 11 is 0. The molecule has 0 unspecified atom stereocenters. The van der Waals surface area contributed by atoms with Crippen molar-refractivity contribution >= 4 is 11.9 Å². The third-order valence-corrected chi connectivity index (χ3v) is 3.89. The standard InChI is InChI=1S/C20H24FNO5/c1-15(23)22(27-16(2)24)13-4-3-6-19-7-5-8-20(26-19)14-25-18-11-9-17(21)10-12-18/h9-12,19-20H,4-5,7-8,13-14H2,1-2H3/t19-,20+/m1/s1. The van der Waals surface area contributed by atoms with Crippen molar-refractivity contribution in [2.45, 2.75) is 51.7 Å². The molecule has 27 heavy (non-hydrogen) atoms. The first-order chi connectivity index (χ1) is 12.9. The van der Waals surface area contributed by atoms with Crippen molar-refractivity contribution in [1.29, 1.82) is 0 Å². The van der Waals surface area contributed by atoms with Gasteiger partial charge in [0.25, 0.3) is 5.91 Å². The molecule has 7 heteroatoms. The second kappa shape index (κ2) is 10.5. The summed E-state index contributed by atoms with van der Waals surface area (Å²) in [6, 6.07) is 5.87. The van der Waals surface area contributed by atoms with Gasteiger partial charge in [0, 0.05) is 20.3 Å². The molecule has 1 aliphatic rings. The highest BCUT2D eigenvalue weighted by atomic mass is 19.1. The predicted octanol–water partition coefficient (Wildman–Crippen LogP) is 2.86. The van der Waals surface area contributed by atoms with Gasteiger partial charge in [0.05, 0.1) is 12.6 Å². The Hall–Kier alpha value is -2.59. The van der Waals surface area contributed by atoms with Crippen LogP contribution < -0.4 is 4.74 Å². The maximum Gasteiger partial charge on any atom is 0.329 e. The quantitative estimate of drug-likeness (QED) is 0.583. The Balaban J connectivity index is 1.75. The molecule has 0 aromatic heterocycles. The Morgan fingerprint density at radius 2 is 2.00 bits per heavy atom. The van der Waals surface area contributed by atoms with E-state index in [-0.39, 0.29) is 30.5 Å². The second-order valence-corrected chi connectivity index (χ2v) is 6.22. The number of benzene rings is 1. The smallest absolute Gasteiger partial charge is 0.329 e. The topological polar surface area (TPSA) is 65.1 Å². The normalized spacial score (nSPS) is 18.8. The van der Waals surface area contributed by atoms with Crippen molar-refractivity contribution in [1.82, 2.24) is 5.06 Å². The van der Waals surface area contributed by atoms with Crippen LogP contribution >= 0.6 is 0 Å². The predicted molar refractivity (Wildman–Crippen MR) is 96.0 cm³/mol. The third-order valence-electron chi connectivity index (χ3n) is 3.89. The number of ether oxygens (including phenoxy) is 2. The number of nitrogens with zero attached hydrogens (tertiary/aromatic N) is 1. The van der Waals surface area contributed by atoms with E-state index in [4.69, 9.17) is 14.3 Å². The van der Waals surface area contributed by atoms with Crippen molar-refractivity contribution in [3.05, 3.63) is 30.1 Å². The molecule has 1 aromatic rings. The van der Waals surface area contributed by atoms with Gasteiger partial charge in [-0.15, -0.1) is 0 Å². The van der Waals surface area contributed by atoms with E-state index in [1.165, 1.54) is 26.0 Å². The summed E-state index contributed by atoms with van der Waals surface area (Å²) in [4.78, 5) is 27.1. The molecule has 2 rings (SSSR count). The van der Waals surface area contributed by atoms with Crippen LogP contribution in [0.5, 0.6) is 5.75 Å². The number of rotatable bonds is 5. The van der Waals surface area contributed by atoms with Gasteiger partial charge in [-0.05, 0) is 43.5 Å². The number of halogens is 1. The van der Waals surface area contributed by atoms with Crippen molar-refractivity contribution < 1.29 is 28.3 Å². The largest absolute Gasteiger partial charge is 0.491 e. The molecule has 0 saturated carbocycles. The monoisotopic (exact) mass is 377 g/mol. The summed E-state index contributed by atoms with van der Waals surface area (Å²) in [5.41, 5.74) is 0. The van der Waals surface area contributed by atoms with Crippen LogP contribution in [0.25, 0.3) is 0 Å². The highest BCUT2D eigenvalue weighted by Crippen LogP contribution is 2.20. The van der Waals surface area contributed by atoms with E-state index < -0.39 is 5.97 Å². The summed E-state index contributed by atoms with van der Waals surface area (Å²) in [6.07, 6.45) is 2.80. The number of hydroxylamine groups is 2. The Morgan fingerprint density at radius 1 is 1.26 bits per heavy atom. The van der Waals surface area contributed by atoms with Gasteiger partial charge in [0.1, 0.15) is 24.3 Å². The van der Waals surface area contributed by atoms with Gasteiger partial charge >= 0.3 is 5.97 Å². The molecule has 1 saturated heterocycles. The lowest BCUT2D eigenvalue weighted by atomic mass is 10.0. The van der Waals surface area contributed by atoms with E-state index in [9.17, 15) is 14.0 Å². The molecule has 1 aliphatic heterocycles. The number of hydrogen-bond acceptors (Lipinski definition) is 5. The van der Waals surface area contributed by atoms with E-state index >= 15 is 0 Å².